The Bertz CT molecular complexity index is 834. The molecule has 7 nitrogen and oxygen atoms in total. The van der Waals surface area contributed by atoms with Gasteiger partial charge in [-0.2, -0.15) is 16.1 Å². The van der Waals surface area contributed by atoms with Crippen molar-refractivity contribution in [3.05, 3.63) is 46.5 Å². The maximum Gasteiger partial charge on any atom is 0.269 e. The number of Topliss-reactive ketones (excluding diaryl/α,β-unsaturated/α-hetero) is 1. The molecule has 0 saturated carbocycles. The fraction of sp³-hybridized carbons (Fsp3) is 0.400. The summed E-state index contributed by atoms with van der Waals surface area (Å²) in [5, 5.41) is 10.3. The summed E-state index contributed by atoms with van der Waals surface area (Å²) in [5.74, 6) is 0.0372. The van der Waals surface area contributed by atoms with E-state index in [1.165, 1.54) is 40.3 Å². The first-order valence-corrected chi connectivity index (χ1v) is 9.98. The summed E-state index contributed by atoms with van der Waals surface area (Å²) in [7, 11) is -3.88. The van der Waals surface area contributed by atoms with Crippen LogP contribution < -0.4 is 0 Å². The Kier molecular flexibility index (Phi) is 4.05. The molecule has 1 aromatic rings. The number of hydrogen-bond acceptors (Lipinski definition) is 6. The first kappa shape index (κ1) is 17.1. The number of fused-ring (bicyclic) bond motifs is 2. The Morgan fingerprint density at radius 3 is 2.50 bits per heavy atom. The third-order valence-corrected chi connectivity index (χ3v) is 7.77. The smallest absolute Gasteiger partial charge is 0.269 e. The Labute approximate surface area is 143 Å². The van der Waals surface area contributed by atoms with Crippen molar-refractivity contribution in [2.75, 3.05) is 6.26 Å². The van der Waals surface area contributed by atoms with E-state index in [0.29, 0.717) is 0 Å². The molecule has 1 aromatic carbocycles. The zero-order valence-corrected chi connectivity index (χ0v) is 14.7. The summed E-state index contributed by atoms with van der Waals surface area (Å²) in [4.78, 5) is 22.4. The van der Waals surface area contributed by atoms with Gasteiger partial charge in [-0.05, 0) is 25.3 Å². The third-order valence-electron chi connectivity index (χ3n) is 4.51. The van der Waals surface area contributed by atoms with E-state index < -0.39 is 31.8 Å². The fourth-order valence-electron chi connectivity index (χ4n) is 3.47. The van der Waals surface area contributed by atoms with Gasteiger partial charge in [0.2, 0.25) is 10.0 Å². The minimum atomic E-state index is -3.88. The number of thioether (sulfide) groups is 1. The second-order valence-corrected chi connectivity index (χ2v) is 8.75. The minimum Gasteiger partial charge on any atom is -0.298 e. The normalized spacial score (nSPS) is 29.8. The van der Waals surface area contributed by atoms with Crippen molar-refractivity contribution in [3.63, 3.8) is 0 Å². The van der Waals surface area contributed by atoms with Gasteiger partial charge in [-0.3, -0.25) is 14.9 Å². The topological polar surface area (TPSA) is 97.6 Å². The molecule has 3 atom stereocenters. The van der Waals surface area contributed by atoms with Crippen LogP contribution in [0.25, 0.3) is 0 Å². The highest BCUT2D eigenvalue weighted by molar-refractivity contribution is 8.00. The molecule has 0 aliphatic carbocycles. The lowest BCUT2D eigenvalue weighted by Crippen LogP contribution is -2.61. The summed E-state index contributed by atoms with van der Waals surface area (Å²) in [6.45, 7) is 1.74. The highest BCUT2D eigenvalue weighted by atomic mass is 32.2. The Balaban J connectivity index is 2.04. The van der Waals surface area contributed by atoms with E-state index in [0.717, 1.165) is 0 Å². The Morgan fingerprint density at radius 2 is 1.96 bits per heavy atom. The van der Waals surface area contributed by atoms with E-state index >= 15 is 0 Å². The summed E-state index contributed by atoms with van der Waals surface area (Å²) in [5.41, 5.74) is -1.10. The average Bonchev–Trinajstić information content (AvgIpc) is 2.79. The number of rotatable bonds is 4. The molecule has 0 aromatic heterocycles. The van der Waals surface area contributed by atoms with Crippen LogP contribution in [-0.2, 0) is 14.8 Å². The van der Waals surface area contributed by atoms with E-state index in [9.17, 15) is 23.3 Å². The quantitative estimate of drug-likeness (QED) is 0.458. The zero-order chi connectivity index (χ0) is 17.7. The number of piperidine rings is 1. The van der Waals surface area contributed by atoms with Crippen LogP contribution in [0.3, 0.4) is 0 Å². The number of non-ortho nitro benzene ring substituents is 1. The van der Waals surface area contributed by atoms with E-state index in [1.54, 1.807) is 25.3 Å². The predicted molar refractivity (Wildman–Crippen MR) is 90.4 cm³/mol. The molecule has 9 heteroatoms. The first-order chi connectivity index (χ1) is 11.2. The first-order valence-electron chi connectivity index (χ1n) is 7.25. The van der Waals surface area contributed by atoms with Crippen LogP contribution in [0, 0.1) is 10.1 Å². The molecular formula is C15H16N2O5S2. The fourth-order valence-corrected chi connectivity index (χ4v) is 6.46. The van der Waals surface area contributed by atoms with Crippen molar-refractivity contribution in [2.45, 2.75) is 35.1 Å². The molecule has 0 unspecified atom stereocenters. The maximum absolute atomic E-state index is 13.1. The number of benzene rings is 1. The van der Waals surface area contributed by atoms with Gasteiger partial charge < -0.3 is 0 Å². The van der Waals surface area contributed by atoms with Crippen molar-refractivity contribution in [3.8, 4) is 0 Å². The van der Waals surface area contributed by atoms with Gasteiger partial charge >= 0.3 is 0 Å². The molecule has 24 heavy (non-hydrogen) atoms. The van der Waals surface area contributed by atoms with Crippen LogP contribution in [0.15, 0.2) is 41.3 Å². The number of nitrogens with zero attached hydrogens (tertiary/aromatic N) is 2. The number of hydrogen-bond donors (Lipinski definition) is 0. The summed E-state index contributed by atoms with van der Waals surface area (Å²) >= 11 is 1.34. The molecule has 1 fully saturated rings. The molecular weight excluding hydrogens is 352 g/mol. The molecule has 2 aliphatic rings. The Hall–Kier alpha value is -1.71. The summed E-state index contributed by atoms with van der Waals surface area (Å²) in [6.07, 6.45) is 5.48. The van der Waals surface area contributed by atoms with Gasteiger partial charge in [0.1, 0.15) is 5.78 Å². The molecule has 2 bridgehead atoms. The molecule has 0 radical (unpaired) electrons. The number of nitro groups is 1. The number of nitro benzene ring substituents is 1. The highest BCUT2D eigenvalue weighted by Gasteiger charge is 2.56. The molecule has 3 rings (SSSR count). The molecule has 0 N–H and O–H groups in total. The third kappa shape index (κ3) is 2.38. The van der Waals surface area contributed by atoms with Gasteiger partial charge in [0.05, 0.1) is 26.6 Å². The largest absolute Gasteiger partial charge is 0.298 e. The van der Waals surface area contributed by atoms with E-state index in [1.807, 2.05) is 0 Å². The van der Waals surface area contributed by atoms with Crippen LogP contribution in [0.5, 0.6) is 0 Å². The van der Waals surface area contributed by atoms with Gasteiger partial charge in [0.25, 0.3) is 5.69 Å². The number of carbonyl (C=O) groups is 1. The van der Waals surface area contributed by atoms with E-state index in [-0.39, 0.29) is 22.8 Å². The van der Waals surface area contributed by atoms with Gasteiger partial charge in [-0.15, -0.1) is 0 Å². The van der Waals surface area contributed by atoms with Crippen molar-refractivity contribution < 1.29 is 18.1 Å². The van der Waals surface area contributed by atoms with E-state index in [2.05, 4.69) is 0 Å². The molecule has 128 valence electrons. The van der Waals surface area contributed by atoms with Crippen molar-refractivity contribution in [1.29, 1.82) is 0 Å². The molecule has 0 spiro atoms. The lowest BCUT2D eigenvalue weighted by Gasteiger charge is -2.45. The predicted octanol–water partition coefficient (Wildman–Crippen LogP) is 1.99. The molecule has 0 amide bonds. The second kappa shape index (κ2) is 5.68. The second-order valence-electron chi connectivity index (χ2n) is 5.99. The Morgan fingerprint density at radius 1 is 1.33 bits per heavy atom. The van der Waals surface area contributed by atoms with Crippen LogP contribution in [0.1, 0.15) is 13.3 Å². The zero-order valence-electron chi connectivity index (χ0n) is 13.1. The van der Waals surface area contributed by atoms with E-state index in [4.69, 9.17) is 0 Å². The van der Waals surface area contributed by atoms with Crippen LogP contribution >= 0.6 is 11.8 Å². The lowest BCUT2D eigenvalue weighted by molar-refractivity contribution is -0.384. The highest BCUT2D eigenvalue weighted by Crippen LogP contribution is 2.45. The average molecular weight is 368 g/mol. The minimum absolute atomic E-state index is 0.0118. The number of carbonyl (C=O) groups excluding carboxylic acids is 1. The standard InChI is InChI=1S/C15H16N2O5S2/c1-15-8-7-11(9-13(18)14(15)23-2)16(15)24(21,22)12-5-3-10(4-6-12)17(19)20/h3-8,11,14H,9H2,1-2H3/t11-,14+,15+/m0/s1. The van der Waals surface area contributed by atoms with Gasteiger partial charge in [0, 0.05) is 18.6 Å². The molecule has 2 heterocycles. The van der Waals surface area contributed by atoms with Crippen LogP contribution in [0.2, 0.25) is 0 Å². The molecule has 2 aliphatic heterocycles. The van der Waals surface area contributed by atoms with Crippen molar-refractivity contribution >= 4 is 33.3 Å². The van der Waals surface area contributed by atoms with Gasteiger partial charge in [-0.25, -0.2) is 8.42 Å². The van der Waals surface area contributed by atoms with Crippen LogP contribution in [-0.4, -0.2) is 46.5 Å². The SMILES string of the molecule is CS[C@@H]1C(=O)C[C@@H]2C=C[C@@]1(C)N2S(=O)(=O)c1ccc([N+](=O)[O-])cc1. The number of sulfonamides is 1. The van der Waals surface area contributed by atoms with Gasteiger partial charge in [-0.1, -0.05) is 12.2 Å². The monoisotopic (exact) mass is 368 g/mol. The molecule has 1 saturated heterocycles. The number of ketones is 1. The van der Waals surface area contributed by atoms with Crippen molar-refractivity contribution in [1.82, 2.24) is 4.31 Å². The summed E-state index contributed by atoms with van der Waals surface area (Å²) < 4.78 is 27.6. The van der Waals surface area contributed by atoms with Gasteiger partial charge in [0.15, 0.2) is 0 Å². The van der Waals surface area contributed by atoms with Crippen molar-refractivity contribution in [2.24, 2.45) is 0 Å². The summed E-state index contributed by atoms with van der Waals surface area (Å²) in [6, 6.07) is 4.31. The maximum atomic E-state index is 13.1. The lowest BCUT2D eigenvalue weighted by atomic mass is 9.91. The van der Waals surface area contributed by atoms with Crippen LogP contribution in [0.4, 0.5) is 5.69 Å².